The largest absolute Gasteiger partial charge is 0.872 e. The molecule has 2 N–H and O–H groups in total. The van der Waals surface area contributed by atoms with Gasteiger partial charge in [-0.1, -0.05) is 17.9 Å². The maximum Gasteiger partial charge on any atom is 0.335 e. The molecule has 2 aromatic rings. The number of benzene rings is 2. The summed E-state index contributed by atoms with van der Waals surface area (Å²) in [5.41, 5.74) is -0.573. The number of nitro benzene ring substituents is 1. The molecule has 0 aromatic heterocycles. The normalized spacial score (nSPS) is 10.0. The summed E-state index contributed by atoms with van der Waals surface area (Å²) >= 11 is 0. The van der Waals surface area contributed by atoms with E-state index in [9.17, 15) is 24.8 Å². The average Bonchev–Trinajstić information content (AvgIpc) is 2.49. The van der Waals surface area contributed by atoms with Crippen molar-refractivity contribution in [2.24, 2.45) is 0 Å². The number of carbonyl (C=O) groups excluding carboxylic acids is 1. The van der Waals surface area contributed by atoms with Gasteiger partial charge in [-0.15, -0.1) is 0 Å². The quantitative estimate of drug-likeness (QED) is 0.651. The van der Waals surface area contributed by atoms with Gasteiger partial charge in [0.25, 0.3) is 11.6 Å². The van der Waals surface area contributed by atoms with Crippen LogP contribution in [0.5, 0.6) is 5.75 Å². The van der Waals surface area contributed by atoms with Gasteiger partial charge >= 0.3 is 5.97 Å². The molecule has 0 bridgehead atoms. The Balaban J connectivity index is 2.26. The summed E-state index contributed by atoms with van der Waals surface area (Å²) in [5, 5.41) is 33.2. The molecule has 0 aliphatic rings. The van der Waals surface area contributed by atoms with Gasteiger partial charge in [-0.3, -0.25) is 14.9 Å². The zero-order valence-electron chi connectivity index (χ0n) is 11.0. The summed E-state index contributed by atoms with van der Waals surface area (Å²) in [7, 11) is 0. The molecule has 0 saturated heterocycles. The molecule has 0 aliphatic carbocycles. The molecule has 0 spiro atoms. The Morgan fingerprint density at radius 1 is 1.14 bits per heavy atom. The second kappa shape index (κ2) is 5.92. The standard InChI is InChI=1S/C14H10N2O6/c17-12-5-4-9(7-11(12)14(19)20)15-13(18)8-2-1-3-10(6-8)16(21)22/h1-7,17H,(H,15,18)(H,19,20)/p-1. The number of non-ortho nitro benzene ring substituents is 1. The van der Waals surface area contributed by atoms with Gasteiger partial charge in [-0.25, -0.2) is 4.79 Å². The molecule has 0 radical (unpaired) electrons. The molecule has 22 heavy (non-hydrogen) atoms. The molecule has 0 atom stereocenters. The Labute approximate surface area is 123 Å². The summed E-state index contributed by atoms with van der Waals surface area (Å²) in [4.78, 5) is 32.9. The van der Waals surface area contributed by atoms with Crippen molar-refractivity contribution in [3.63, 3.8) is 0 Å². The summed E-state index contributed by atoms with van der Waals surface area (Å²) in [6.45, 7) is 0. The van der Waals surface area contributed by atoms with Crippen LogP contribution in [0, 0.1) is 10.1 Å². The zero-order chi connectivity index (χ0) is 16.3. The van der Waals surface area contributed by atoms with Gasteiger partial charge in [-0.05, 0) is 18.2 Å². The lowest BCUT2D eigenvalue weighted by Crippen LogP contribution is -2.13. The second-order valence-corrected chi connectivity index (χ2v) is 4.28. The van der Waals surface area contributed by atoms with Crippen molar-refractivity contribution in [3.05, 3.63) is 63.7 Å². The third kappa shape index (κ3) is 3.18. The lowest BCUT2D eigenvalue weighted by atomic mass is 10.1. The minimum atomic E-state index is -1.41. The molecule has 2 aromatic carbocycles. The van der Waals surface area contributed by atoms with Crippen molar-refractivity contribution >= 4 is 23.3 Å². The predicted molar refractivity (Wildman–Crippen MR) is 73.9 cm³/mol. The van der Waals surface area contributed by atoms with Gasteiger partial charge in [0.15, 0.2) is 0 Å². The van der Waals surface area contributed by atoms with Crippen LogP contribution in [0.2, 0.25) is 0 Å². The number of aromatic carboxylic acids is 1. The van der Waals surface area contributed by atoms with E-state index in [0.29, 0.717) is 0 Å². The SMILES string of the molecule is O=C(Nc1ccc([O-])c(C(=O)O)c1)c1cccc([N+](=O)[O-])c1. The summed E-state index contributed by atoms with van der Waals surface area (Å²) < 4.78 is 0. The minimum Gasteiger partial charge on any atom is -0.872 e. The van der Waals surface area contributed by atoms with Crippen LogP contribution in [0.4, 0.5) is 11.4 Å². The highest BCUT2D eigenvalue weighted by Crippen LogP contribution is 2.20. The van der Waals surface area contributed by atoms with Crippen molar-refractivity contribution < 1.29 is 24.7 Å². The van der Waals surface area contributed by atoms with Gasteiger partial charge < -0.3 is 15.5 Å². The summed E-state index contributed by atoms with van der Waals surface area (Å²) in [6.07, 6.45) is 0. The van der Waals surface area contributed by atoms with Crippen LogP contribution in [-0.2, 0) is 0 Å². The van der Waals surface area contributed by atoms with E-state index in [0.717, 1.165) is 18.2 Å². The number of nitrogens with one attached hydrogen (secondary N) is 1. The number of hydrogen-bond donors (Lipinski definition) is 2. The Bertz CT molecular complexity index is 772. The number of carbonyl (C=O) groups is 2. The Kier molecular flexibility index (Phi) is 4.03. The number of anilines is 1. The van der Waals surface area contributed by atoms with Crippen molar-refractivity contribution in [1.29, 1.82) is 0 Å². The fourth-order valence-electron chi connectivity index (χ4n) is 1.74. The van der Waals surface area contributed by atoms with Crippen molar-refractivity contribution in [2.45, 2.75) is 0 Å². The number of nitrogens with zero attached hydrogens (tertiary/aromatic N) is 1. The maximum absolute atomic E-state index is 12.0. The van der Waals surface area contributed by atoms with Gasteiger partial charge in [-0.2, -0.15) is 0 Å². The second-order valence-electron chi connectivity index (χ2n) is 4.28. The molecule has 0 unspecified atom stereocenters. The van der Waals surface area contributed by atoms with E-state index < -0.39 is 28.1 Å². The lowest BCUT2D eigenvalue weighted by molar-refractivity contribution is -0.384. The van der Waals surface area contributed by atoms with E-state index in [4.69, 9.17) is 5.11 Å². The first-order valence-corrected chi connectivity index (χ1v) is 5.98. The van der Waals surface area contributed by atoms with E-state index in [1.54, 1.807) is 0 Å². The molecular formula is C14H9N2O6-. The number of hydrogen-bond acceptors (Lipinski definition) is 5. The fourth-order valence-corrected chi connectivity index (χ4v) is 1.74. The van der Waals surface area contributed by atoms with E-state index in [1.165, 1.54) is 24.3 Å². The van der Waals surface area contributed by atoms with E-state index in [2.05, 4.69) is 5.32 Å². The minimum absolute atomic E-state index is 0.0391. The Morgan fingerprint density at radius 2 is 1.86 bits per heavy atom. The van der Waals surface area contributed by atoms with Gasteiger partial charge in [0.2, 0.25) is 0 Å². The molecule has 1 amide bonds. The van der Waals surface area contributed by atoms with Crippen molar-refractivity contribution in [3.8, 4) is 5.75 Å². The molecule has 112 valence electrons. The van der Waals surface area contributed by atoms with Crippen molar-refractivity contribution in [1.82, 2.24) is 0 Å². The maximum atomic E-state index is 12.0. The number of rotatable bonds is 4. The van der Waals surface area contributed by atoms with Crippen LogP contribution in [0.3, 0.4) is 0 Å². The van der Waals surface area contributed by atoms with Crippen LogP contribution in [0.25, 0.3) is 0 Å². The molecule has 2 rings (SSSR count). The van der Waals surface area contributed by atoms with Gasteiger partial charge in [0.05, 0.1) is 10.5 Å². The third-order valence-corrected chi connectivity index (χ3v) is 2.79. The first-order chi connectivity index (χ1) is 10.4. The van der Waals surface area contributed by atoms with Gasteiger partial charge in [0, 0.05) is 23.4 Å². The first kappa shape index (κ1) is 15.0. The monoisotopic (exact) mass is 301 g/mol. The molecule has 8 heteroatoms. The van der Waals surface area contributed by atoms with Crippen molar-refractivity contribution in [2.75, 3.05) is 5.32 Å². The Morgan fingerprint density at radius 3 is 2.50 bits per heavy atom. The highest BCUT2D eigenvalue weighted by atomic mass is 16.6. The zero-order valence-corrected chi connectivity index (χ0v) is 11.0. The van der Waals surface area contributed by atoms with Crippen LogP contribution in [0.1, 0.15) is 20.7 Å². The van der Waals surface area contributed by atoms with Crippen LogP contribution in [-0.4, -0.2) is 21.9 Å². The molecule has 0 heterocycles. The van der Waals surface area contributed by atoms with E-state index >= 15 is 0 Å². The summed E-state index contributed by atoms with van der Waals surface area (Å²) in [5.74, 6) is -2.74. The lowest BCUT2D eigenvalue weighted by Gasteiger charge is -2.12. The van der Waals surface area contributed by atoms with E-state index in [-0.39, 0.29) is 16.9 Å². The van der Waals surface area contributed by atoms with E-state index in [1.807, 2.05) is 0 Å². The number of carboxylic acid groups (broad SMARTS) is 1. The number of amides is 1. The summed E-state index contributed by atoms with van der Waals surface area (Å²) in [6, 6.07) is 8.37. The smallest absolute Gasteiger partial charge is 0.335 e. The van der Waals surface area contributed by atoms with Crippen LogP contribution in [0.15, 0.2) is 42.5 Å². The average molecular weight is 301 g/mol. The first-order valence-electron chi connectivity index (χ1n) is 5.98. The molecule has 0 fully saturated rings. The highest BCUT2D eigenvalue weighted by Gasteiger charge is 2.12. The molecule has 8 nitrogen and oxygen atoms in total. The molecule has 0 aliphatic heterocycles. The number of nitro groups is 1. The Hall–Kier alpha value is -3.42. The molecule has 0 saturated carbocycles. The van der Waals surface area contributed by atoms with Crippen LogP contribution < -0.4 is 10.4 Å². The highest BCUT2D eigenvalue weighted by molar-refractivity contribution is 6.05. The van der Waals surface area contributed by atoms with Gasteiger partial charge in [0.1, 0.15) is 0 Å². The topological polar surface area (TPSA) is 133 Å². The third-order valence-electron chi connectivity index (χ3n) is 2.79. The number of carboxylic acids is 1. The fraction of sp³-hybridized carbons (Fsp3) is 0. The van der Waals surface area contributed by atoms with Crippen LogP contribution >= 0.6 is 0 Å². The predicted octanol–water partition coefficient (Wildman–Crippen LogP) is 1.62. The molecular weight excluding hydrogens is 292 g/mol.